The molecule has 1 aromatic carbocycles. The van der Waals surface area contributed by atoms with Crippen molar-refractivity contribution in [2.24, 2.45) is 5.92 Å². The predicted octanol–water partition coefficient (Wildman–Crippen LogP) is 2.07. The fourth-order valence-corrected chi connectivity index (χ4v) is 4.12. The predicted molar refractivity (Wildman–Crippen MR) is 98.9 cm³/mol. The van der Waals surface area contributed by atoms with E-state index >= 15 is 0 Å². The molecule has 0 fully saturated rings. The Balaban J connectivity index is 2.17. The molecular formula is C18H28N2O5S. The molecule has 0 spiro atoms. The standard InChI is InChI=1S/C18H28N2O5S/c1-5-6-13(4)19-18(21)17(12(2)3)20-26(22,23)14-7-8-15-16(11-14)25-10-9-24-15/h7-8,11-13,17,20H,5-6,9-10H2,1-4H3,(H,19,21)/t13-,17-/m0/s1. The zero-order valence-electron chi connectivity index (χ0n) is 15.7. The van der Waals surface area contributed by atoms with E-state index in [1.54, 1.807) is 19.9 Å². The fourth-order valence-electron chi connectivity index (χ4n) is 2.76. The Kier molecular flexibility index (Phi) is 6.88. The van der Waals surface area contributed by atoms with Gasteiger partial charge in [-0.25, -0.2) is 8.42 Å². The first kappa shape index (κ1) is 20.5. The molecule has 0 saturated heterocycles. The highest BCUT2D eigenvalue weighted by molar-refractivity contribution is 7.89. The Morgan fingerprint density at radius 1 is 1.15 bits per heavy atom. The van der Waals surface area contributed by atoms with Gasteiger partial charge in [-0.3, -0.25) is 4.79 Å². The van der Waals surface area contributed by atoms with Crippen molar-refractivity contribution in [2.75, 3.05) is 13.2 Å². The Morgan fingerprint density at radius 3 is 2.42 bits per heavy atom. The Bertz CT molecular complexity index is 733. The number of benzene rings is 1. The quantitative estimate of drug-likeness (QED) is 0.716. The molecule has 0 aliphatic carbocycles. The third-order valence-corrected chi connectivity index (χ3v) is 5.60. The SMILES string of the molecule is CCC[C@H](C)NC(=O)[C@@H](NS(=O)(=O)c1ccc2c(c1)OCCO2)C(C)C. The number of hydrogen-bond donors (Lipinski definition) is 2. The number of hydrogen-bond acceptors (Lipinski definition) is 5. The van der Waals surface area contributed by atoms with Crippen LogP contribution in [-0.2, 0) is 14.8 Å². The van der Waals surface area contributed by atoms with Gasteiger partial charge in [0, 0.05) is 12.1 Å². The molecule has 0 unspecified atom stereocenters. The van der Waals surface area contributed by atoms with E-state index in [1.165, 1.54) is 12.1 Å². The Labute approximate surface area is 155 Å². The maximum Gasteiger partial charge on any atom is 0.241 e. The number of ether oxygens (including phenoxy) is 2. The lowest BCUT2D eigenvalue weighted by Gasteiger charge is -2.24. The molecular weight excluding hydrogens is 356 g/mol. The molecule has 26 heavy (non-hydrogen) atoms. The van der Waals surface area contributed by atoms with Crippen molar-refractivity contribution in [2.45, 2.75) is 57.5 Å². The van der Waals surface area contributed by atoms with Gasteiger partial charge in [-0.1, -0.05) is 27.2 Å². The molecule has 0 radical (unpaired) electrons. The van der Waals surface area contributed by atoms with Crippen molar-refractivity contribution in [3.63, 3.8) is 0 Å². The molecule has 1 aliphatic rings. The first-order chi connectivity index (χ1) is 12.2. The van der Waals surface area contributed by atoms with E-state index in [0.717, 1.165) is 12.8 Å². The van der Waals surface area contributed by atoms with Crippen molar-refractivity contribution in [3.8, 4) is 11.5 Å². The number of fused-ring (bicyclic) bond motifs is 1. The van der Waals surface area contributed by atoms with Crippen LogP contribution in [0, 0.1) is 5.92 Å². The molecule has 0 saturated carbocycles. The summed E-state index contributed by atoms with van der Waals surface area (Å²) in [6, 6.07) is 3.58. The van der Waals surface area contributed by atoms with E-state index in [1.807, 2.05) is 13.8 Å². The minimum Gasteiger partial charge on any atom is -0.486 e. The van der Waals surface area contributed by atoms with Crippen LogP contribution in [0.1, 0.15) is 40.5 Å². The molecule has 8 heteroatoms. The summed E-state index contributed by atoms with van der Waals surface area (Å²) < 4.78 is 38.9. The first-order valence-electron chi connectivity index (χ1n) is 8.97. The van der Waals surface area contributed by atoms with E-state index in [0.29, 0.717) is 24.7 Å². The van der Waals surface area contributed by atoms with Crippen LogP contribution in [0.15, 0.2) is 23.1 Å². The molecule has 1 aromatic rings. The molecule has 1 heterocycles. The number of amides is 1. The smallest absolute Gasteiger partial charge is 0.241 e. The summed E-state index contributed by atoms with van der Waals surface area (Å²) in [7, 11) is -3.88. The largest absolute Gasteiger partial charge is 0.486 e. The number of rotatable bonds is 8. The van der Waals surface area contributed by atoms with Gasteiger partial charge in [-0.2, -0.15) is 4.72 Å². The van der Waals surface area contributed by atoms with Gasteiger partial charge in [0.1, 0.15) is 19.3 Å². The second-order valence-electron chi connectivity index (χ2n) is 6.85. The lowest BCUT2D eigenvalue weighted by atomic mass is 10.0. The summed E-state index contributed by atoms with van der Waals surface area (Å²) in [6.45, 7) is 8.36. The van der Waals surface area contributed by atoms with E-state index in [9.17, 15) is 13.2 Å². The first-order valence-corrected chi connectivity index (χ1v) is 10.4. The maximum atomic E-state index is 12.8. The fraction of sp³-hybridized carbons (Fsp3) is 0.611. The van der Waals surface area contributed by atoms with Gasteiger partial charge in [-0.05, 0) is 31.4 Å². The third-order valence-electron chi connectivity index (χ3n) is 4.17. The molecule has 1 aliphatic heterocycles. The number of carbonyl (C=O) groups excluding carboxylic acids is 1. The number of carbonyl (C=O) groups is 1. The molecule has 2 rings (SSSR count). The van der Waals surface area contributed by atoms with Crippen LogP contribution < -0.4 is 19.5 Å². The number of sulfonamides is 1. The highest BCUT2D eigenvalue weighted by Gasteiger charge is 2.29. The molecule has 1 amide bonds. The van der Waals surface area contributed by atoms with E-state index in [2.05, 4.69) is 10.0 Å². The van der Waals surface area contributed by atoms with Crippen LogP contribution in [0.3, 0.4) is 0 Å². The van der Waals surface area contributed by atoms with Gasteiger partial charge in [0.05, 0.1) is 4.90 Å². The second-order valence-corrected chi connectivity index (χ2v) is 8.56. The summed E-state index contributed by atoms with van der Waals surface area (Å²) >= 11 is 0. The lowest BCUT2D eigenvalue weighted by Crippen LogP contribution is -2.51. The lowest BCUT2D eigenvalue weighted by molar-refractivity contribution is -0.124. The van der Waals surface area contributed by atoms with Gasteiger partial charge in [0.15, 0.2) is 11.5 Å². The normalized spacial score (nSPS) is 16.2. The third kappa shape index (κ3) is 5.11. The minimum atomic E-state index is -3.88. The van der Waals surface area contributed by atoms with Crippen LogP contribution in [-0.4, -0.2) is 39.6 Å². The van der Waals surface area contributed by atoms with Gasteiger partial charge in [-0.15, -0.1) is 0 Å². The van der Waals surface area contributed by atoms with E-state index in [-0.39, 0.29) is 22.8 Å². The highest BCUT2D eigenvalue weighted by atomic mass is 32.2. The van der Waals surface area contributed by atoms with Crippen molar-refractivity contribution >= 4 is 15.9 Å². The van der Waals surface area contributed by atoms with Crippen LogP contribution in [0.25, 0.3) is 0 Å². The van der Waals surface area contributed by atoms with Crippen molar-refractivity contribution < 1.29 is 22.7 Å². The van der Waals surface area contributed by atoms with Crippen molar-refractivity contribution in [1.29, 1.82) is 0 Å². The monoisotopic (exact) mass is 384 g/mol. The minimum absolute atomic E-state index is 0.00690. The average molecular weight is 384 g/mol. The maximum absolute atomic E-state index is 12.8. The Hall–Kier alpha value is -1.80. The van der Waals surface area contributed by atoms with E-state index < -0.39 is 16.1 Å². The van der Waals surface area contributed by atoms with Gasteiger partial charge >= 0.3 is 0 Å². The molecule has 146 valence electrons. The van der Waals surface area contributed by atoms with Gasteiger partial charge in [0.2, 0.25) is 15.9 Å². The van der Waals surface area contributed by atoms with Crippen molar-refractivity contribution in [3.05, 3.63) is 18.2 Å². The summed E-state index contributed by atoms with van der Waals surface area (Å²) in [5, 5.41) is 2.88. The van der Waals surface area contributed by atoms with Crippen LogP contribution in [0.5, 0.6) is 11.5 Å². The highest BCUT2D eigenvalue weighted by Crippen LogP contribution is 2.32. The number of nitrogens with one attached hydrogen (secondary N) is 2. The van der Waals surface area contributed by atoms with Gasteiger partial charge < -0.3 is 14.8 Å². The van der Waals surface area contributed by atoms with Crippen LogP contribution >= 0.6 is 0 Å². The van der Waals surface area contributed by atoms with Crippen molar-refractivity contribution in [1.82, 2.24) is 10.0 Å². The molecule has 7 nitrogen and oxygen atoms in total. The molecule has 0 aromatic heterocycles. The Morgan fingerprint density at radius 2 is 1.81 bits per heavy atom. The van der Waals surface area contributed by atoms with E-state index in [4.69, 9.17) is 9.47 Å². The average Bonchev–Trinajstić information content (AvgIpc) is 2.59. The topological polar surface area (TPSA) is 93.7 Å². The summed E-state index contributed by atoms with van der Waals surface area (Å²) in [5.41, 5.74) is 0. The zero-order chi connectivity index (χ0) is 19.3. The second kappa shape index (κ2) is 8.73. The van der Waals surface area contributed by atoms with Crippen LogP contribution in [0.2, 0.25) is 0 Å². The summed E-state index contributed by atoms with van der Waals surface area (Å²) in [5.74, 6) is 0.390. The molecule has 2 N–H and O–H groups in total. The molecule has 2 atom stereocenters. The molecule has 0 bridgehead atoms. The van der Waals surface area contributed by atoms with Gasteiger partial charge in [0.25, 0.3) is 0 Å². The van der Waals surface area contributed by atoms with Crippen LogP contribution in [0.4, 0.5) is 0 Å². The summed E-state index contributed by atoms with van der Waals surface area (Å²) in [4.78, 5) is 12.6. The summed E-state index contributed by atoms with van der Waals surface area (Å²) in [6.07, 6.45) is 1.78. The zero-order valence-corrected chi connectivity index (χ0v) is 16.6.